The van der Waals surface area contributed by atoms with Crippen molar-refractivity contribution in [1.29, 1.82) is 5.26 Å². The van der Waals surface area contributed by atoms with E-state index < -0.39 is 5.60 Å². The smallest absolute Gasteiger partial charge is 0.144 e. The lowest BCUT2D eigenvalue weighted by Gasteiger charge is -2.47. The molecule has 0 saturated carbocycles. The molecule has 140 valence electrons. The van der Waals surface area contributed by atoms with E-state index in [1.807, 2.05) is 42.5 Å². The molecule has 0 amide bonds. The van der Waals surface area contributed by atoms with Crippen molar-refractivity contribution in [3.63, 3.8) is 0 Å². The Morgan fingerprint density at radius 3 is 2.57 bits per heavy atom. The summed E-state index contributed by atoms with van der Waals surface area (Å²) in [5.74, 6) is 6.14. The van der Waals surface area contributed by atoms with E-state index in [1.54, 1.807) is 13.0 Å². The Hall–Kier alpha value is -3.01. The molecule has 0 radical (unpaired) electrons. The van der Waals surface area contributed by atoms with Gasteiger partial charge in [0.05, 0.1) is 11.6 Å². The highest BCUT2D eigenvalue weighted by Gasteiger charge is 2.46. The maximum atomic E-state index is 10.9. The normalized spacial score (nSPS) is 25.4. The quantitative estimate of drug-likeness (QED) is 0.617. The van der Waals surface area contributed by atoms with Crippen molar-refractivity contribution in [2.75, 3.05) is 0 Å². The summed E-state index contributed by atoms with van der Waals surface area (Å²) in [6.07, 6.45) is 5.85. The van der Waals surface area contributed by atoms with E-state index in [4.69, 9.17) is 5.26 Å². The number of hydrogen-bond acceptors (Lipinski definition) is 3. The first-order valence-corrected chi connectivity index (χ1v) is 9.68. The van der Waals surface area contributed by atoms with Crippen LogP contribution in [-0.2, 0) is 18.3 Å². The third-order valence-corrected chi connectivity index (χ3v) is 6.16. The summed E-state index contributed by atoms with van der Waals surface area (Å²) in [4.78, 5) is 0. The predicted molar refractivity (Wildman–Crippen MR) is 109 cm³/mol. The van der Waals surface area contributed by atoms with Crippen molar-refractivity contribution in [3.8, 4) is 23.7 Å². The third-order valence-electron chi connectivity index (χ3n) is 6.16. The average Bonchev–Trinajstić information content (AvgIpc) is 2.69. The molecule has 0 fully saturated rings. The van der Waals surface area contributed by atoms with Gasteiger partial charge in [0.1, 0.15) is 11.4 Å². The number of rotatable bonds is 2. The number of nitrogens with zero attached hydrogens (tertiary/aromatic N) is 1. The summed E-state index contributed by atoms with van der Waals surface area (Å²) in [6, 6.07) is 15.6. The fourth-order valence-electron chi connectivity index (χ4n) is 4.86. The Kier molecular flexibility index (Phi) is 4.50. The van der Waals surface area contributed by atoms with Crippen LogP contribution in [0.4, 0.5) is 0 Å². The Morgan fingerprint density at radius 2 is 1.86 bits per heavy atom. The van der Waals surface area contributed by atoms with Gasteiger partial charge in [0.2, 0.25) is 0 Å². The average molecular weight is 369 g/mol. The molecule has 0 aliphatic heterocycles. The van der Waals surface area contributed by atoms with Gasteiger partial charge in [-0.3, -0.25) is 0 Å². The van der Waals surface area contributed by atoms with Crippen LogP contribution >= 0.6 is 0 Å². The van der Waals surface area contributed by atoms with Gasteiger partial charge >= 0.3 is 0 Å². The number of phenolic OH excluding ortho intramolecular Hbond substituents is 1. The van der Waals surface area contributed by atoms with Crippen molar-refractivity contribution >= 4 is 0 Å². The Morgan fingerprint density at radius 1 is 1.07 bits per heavy atom. The molecule has 28 heavy (non-hydrogen) atoms. The number of allylic oxidation sites excluding steroid dienone is 1. The van der Waals surface area contributed by atoms with Crippen LogP contribution in [0.25, 0.3) is 0 Å². The molecule has 2 atom stereocenters. The van der Waals surface area contributed by atoms with Gasteiger partial charge in [0, 0.05) is 5.41 Å². The van der Waals surface area contributed by atoms with Crippen molar-refractivity contribution < 1.29 is 10.2 Å². The molecule has 0 heterocycles. The minimum atomic E-state index is -1.06. The maximum Gasteiger partial charge on any atom is 0.144 e. The van der Waals surface area contributed by atoms with Crippen LogP contribution in [0.3, 0.4) is 0 Å². The van der Waals surface area contributed by atoms with Crippen LogP contribution in [0.5, 0.6) is 5.75 Å². The van der Waals surface area contributed by atoms with Crippen molar-refractivity contribution in [1.82, 2.24) is 0 Å². The highest BCUT2D eigenvalue weighted by atomic mass is 16.3. The molecule has 0 saturated heterocycles. The molecule has 0 unspecified atom stereocenters. The lowest BCUT2D eigenvalue weighted by molar-refractivity contribution is 0.116. The summed E-state index contributed by atoms with van der Waals surface area (Å²) in [6.45, 7) is 1.76. The summed E-state index contributed by atoms with van der Waals surface area (Å²) in [5, 5.41) is 30.0. The topological polar surface area (TPSA) is 64.2 Å². The number of fused-ring (bicyclic) bond motifs is 3. The zero-order chi connectivity index (χ0) is 19.8. The molecule has 2 N–H and O–H groups in total. The Balaban J connectivity index is 1.84. The molecule has 0 aromatic heterocycles. The minimum absolute atomic E-state index is 0.211. The van der Waals surface area contributed by atoms with Gasteiger partial charge in [-0.15, -0.1) is 5.92 Å². The van der Waals surface area contributed by atoms with E-state index in [0.717, 1.165) is 31.2 Å². The van der Waals surface area contributed by atoms with Crippen LogP contribution in [0.2, 0.25) is 0 Å². The van der Waals surface area contributed by atoms with Gasteiger partial charge in [-0.1, -0.05) is 29.7 Å². The van der Waals surface area contributed by atoms with Crippen molar-refractivity contribution in [2.24, 2.45) is 0 Å². The number of hydrogen-bond donors (Lipinski definition) is 2. The minimum Gasteiger partial charge on any atom is -0.508 e. The van der Waals surface area contributed by atoms with E-state index >= 15 is 0 Å². The largest absolute Gasteiger partial charge is 0.508 e. The molecule has 4 rings (SSSR count). The van der Waals surface area contributed by atoms with Gasteiger partial charge in [0.15, 0.2) is 0 Å². The molecular formula is C25H23NO2. The number of aliphatic hydroxyl groups is 1. The highest BCUT2D eigenvalue weighted by molar-refractivity contribution is 5.52. The number of aryl methyl sites for hydroxylation is 1. The highest BCUT2D eigenvalue weighted by Crippen LogP contribution is 2.51. The number of benzene rings is 2. The molecule has 2 aliphatic rings. The van der Waals surface area contributed by atoms with E-state index in [0.29, 0.717) is 17.7 Å². The maximum absolute atomic E-state index is 10.9. The Labute approximate surface area is 166 Å². The molecule has 0 spiro atoms. The summed E-state index contributed by atoms with van der Waals surface area (Å²) >= 11 is 0. The van der Waals surface area contributed by atoms with Crippen LogP contribution in [0.15, 0.2) is 54.1 Å². The van der Waals surface area contributed by atoms with Gasteiger partial charge < -0.3 is 10.2 Å². The van der Waals surface area contributed by atoms with Crippen LogP contribution < -0.4 is 0 Å². The van der Waals surface area contributed by atoms with Crippen molar-refractivity contribution in [2.45, 2.75) is 50.0 Å². The number of aromatic hydroxyl groups is 1. The molecule has 3 nitrogen and oxygen atoms in total. The van der Waals surface area contributed by atoms with E-state index in [1.165, 1.54) is 16.7 Å². The van der Waals surface area contributed by atoms with Gasteiger partial charge in [0.25, 0.3) is 0 Å². The monoisotopic (exact) mass is 369 g/mol. The van der Waals surface area contributed by atoms with Crippen molar-refractivity contribution in [3.05, 3.63) is 76.4 Å². The molecule has 3 heteroatoms. The number of phenols is 1. The Bertz CT molecular complexity index is 1050. The van der Waals surface area contributed by atoms with Gasteiger partial charge in [-0.05, 0) is 86.1 Å². The fraction of sp³-hybridized carbons (Fsp3) is 0.320. The second-order valence-corrected chi connectivity index (χ2v) is 7.88. The first-order valence-electron chi connectivity index (χ1n) is 9.68. The van der Waals surface area contributed by atoms with Gasteiger partial charge in [-0.2, -0.15) is 5.26 Å². The lowest BCUT2D eigenvalue weighted by atomic mass is 9.57. The summed E-state index contributed by atoms with van der Waals surface area (Å²) in [7, 11) is 0. The predicted octanol–water partition coefficient (Wildman–Crippen LogP) is 4.17. The first-order chi connectivity index (χ1) is 13.5. The van der Waals surface area contributed by atoms with Crippen LogP contribution in [0.1, 0.15) is 48.4 Å². The van der Waals surface area contributed by atoms with E-state index in [9.17, 15) is 10.2 Å². The fourth-order valence-corrected chi connectivity index (χ4v) is 4.86. The zero-order valence-corrected chi connectivity index (χ0v) is 16.0. The number of nitriles is 1. The van der Waals surface area contributed by atoms with Crippen LogP contribution in [-0.4, -0.2) is 15.8 Å². The lowest BCUT2D eigenvalue weighted by Crippen LogP contribution is -2.43. The van der Waals surface area contributed by atoms with E-state index in [2.05, 4.69) is 17.9 Å². The standard InChI is InChI=1S/C25H23NO2/c1-2-11-24(28)12-13-25(15-18-3-5-19(17-26)6-4-18)21(16-24)8-7-20-14-22(27)9-10-23(20)25/h3-6,9-10,14,16,27-28H,7-8,12-13,15H2,1H3/t24-,25+/m1/s1. The second kappa shape index (κ2) is 6.86. The van der Waals surface area contributed by atoms with Gasteiger partial charge in [-0.25, -0.2) is 0 Å². The molecule has 2 aromatic rings. The first kappa shape index (κ1) is 18.4. The molecule has 0 bridgehead atoms. The van der Waals surface area contributed by atoms with Crippen LogP contribution in [0, 0.1) is 23.2 Å². The SMILES string of the molecule is CC#C[C@]1(O)C=C2CCc3cc(O)ccc3[C@]2(Cc2ccc(C#N)cc2)CC1. The molecule has 2 aromatic carbocycles. The van der Waals surface area contributed by atoms with E-state index in [-0.39, 0.29) is 5.41 Å². The summed E-state index contributed by atoms with van der Waals surface area (Å²) < 4.78 is 0. The zero-order valence-electron chi connectivity index (χ0n) is 16.0. The summed E-state index contributed by atoms with van der Waals surface area (Å²) in [5.41, 5.74) is 4.19. The molecule has 2 aliphatic carbocycles. The third kappa shape index (κ3) is 3.09. The second-order valence-electron chi connectivity index (χ2n) is 7.88. The molecular weight excluding hydrogens is 346 g/mol.